The molecule has 1 aliphatic rings. The van der Waals surface area contributed by atoms with Gasteiger partial charge in [0.1, 0.15) is 6.17 Å². The van der Waals surface area contributed by atoms with Gasteiger partial charge in [-0.05, 0) is 34.9 Å². The van der Waals surface area contributed by atoms with Crippen molar-refractivity contribution in [2.75, 3.05) is 5.32 Å². The van der Waals surface area contributed by atoms with E-state index in [1.807, 2.05) is 54.6 Å². The number of carbonyl (C=O) groups excluding carboxylic acids is 1. The molecule has 2 N–H and O–H groups in total. The Kier molecular flexibility index (Phi) is 3.31. The van der Waals surface area contributed by atoms with E-state index < -0.39 is 0 Å². The van der Waals surface area contributed by atoms with Crippen LogP contribution in [0.15, 0.2) is 78.9 Å². The summed E-state index contributed by atoms with van der Waals surface area (Å²) in [6.07, 6.45) is -0.221. The molecule has 0 aliphatic carbocycles. The Balaban J connectivity index is 1.69. The van der Waals surface area contributed by atoms with Crippen molar-refractivity contribution in [3.63, 3.8) is 0 Å². The van der Waals surface area contributed by atoms with Crippen molar-refractivity contribution in [2.45, 2.75) is 6.17 Å². The van der Waals surface area contributed by atoms with Crippen molar-refractivity contribution >= 4 is 11.6 Å². The van der Waals surface area contributed by atoms with Gasteiger partial charge < -0.3 is 10.6 Å². The summed E-state index contributed by atoms with van der Waals surface area (Å²) >= 11 is 0. The molecule has 1 amide bonds. The number of hydrogen-bond donors (Lipinski definition) is 2. The molecule has 0 radical (unpaired) electrons. The zero-order valence-corrected chi connectivity index (χ0v) is 12.5. The van der Waals surface area contributed by atoms with Crippen LogP contribution in [0.25, 0.3) is 11.1 Å². The van der Waals surface area contributed by atoms with Crippen LogP contribution in [0.4, 0.5) is 5.69 Å². The Hall–Kier alpha value is -3.07. The molecule has 0 saturated carbocycles. The van der Waals surface area contributed by atoms with Gasteiger partial charge >= 0.3 is 0 Å². The lowest BCUT2D eigenvalue weighted by Gasteiger charge is -2.28. The Morgan fingerprint density at radius 3 is 2.30 bits per heavy atom. The van der Waals surface area contributed by atoms with Crippen LogP contribution in [0.3, 0.4) is 0 Å². The molecule has 3 nitrogen and oxygen atoms in total. The van der Waals surface area contributed by atoms with Crippen LogP contribution in [0.1, 0.15) is 22.1 Å². The topological polar surface area (TPSA) is 41.1 Å². The quantitative estimate of drug-likeness (QED) is 0.744. The molecule has 3 heteroatoms. The summed E-state index contributed by atoms with van der Waals surface area (Å²) < 4.78 is 0. The van der Waals surface area contributed by atoms with Crippen molar-refractivity contribution in [2.24, 2.45) is 0 Å². The van der Waals surface area contributed by atoms with Crippen LogP contribution in [0.2, 0.25) is 0 Å². The van der Waals surface area contributed by atoms with Gasteiger partial charge in [0.15, 0.2) is 0 Å². The van der Waals surface area contributed by atoms with Gasteiger partial charge in [0.25, 0.3) is 5.91 Å². The number of para-hydroxylation sites is 1. The third kappa shape index (κ3) is 2.57. The molecule has 0 aromatic heterocycles. The van der Waals surface area contributed by atoms with Gasteiger partial charge in [0, 0.05) is 5.69 Å². The molecule has 1 atom stereocenters. The summed E-state index contributed by atoms with van der Waals surface area (Å²) in [5.41, 5.74) is 4.89. The first-order chi connectivity index (χ1) is 11.3. The second-order valence-corrected chi connectivity index (χ2v) is 5.59. The molecule has 112 valence electrons. The first-order valence-corrected chi connectivity index (χ1v) is 7.63. The zero-order valence-electron chi connectivity index (χ0n) is 12.5. The molecule has 0 saturated heterocycles. The van der Waals surface area contributed by atoms with Crippen LogP contribution >= 0.6 is 0 Å². The average molecular weight is 300 g/mol. The summed E-state index contributed by atoms with van der Waals surface area (Å²) in [4.78, 5) is 12.3. The van der Waals surface area contributed by atoms with E-state index in [-0.39, 0.29) is 12.1 Å². The van der Waals surface area contributed by atoms with E-state index in [4.69, 9.17) is 0 Å². The van der Waals surface area contributed by atoms with Gasteiger partial charge in [0.2, 0.25) is 0 Å². The van der Waals surface area contributed by atoms with Crippen molar-refractivity contribution in [1.29, 1.82) is 0 Å². The molecule has 0 fully saturated rings. The number of anilines is 1. The number of rotatable bonds is 2. The lowest BCUT2D eigenvalue weighted by molar-refractivity contribution is 0.0935. The minimum absolute atomic E-state index is 0.0468. The monoisotopic (exact) mass is 300 g/mol. The molecule has 0 bridgehead atoms. The molecule has 1 aliphatic heterocycles. The molecule has 0 spiro atoms. The maximum atomic E-state index is 12.3. The van der Waals surface area contributed by atoms with E-state index in [2.05, 4.69) is 34.9 Å². The smallest absolute Gasteiger partial charge is 0.255 e. The van der Waals surface area contributed by atoms with E-state index >= 15 is 0 Å². The second-order valence-electron chi connectivity index (χ2n) is 5.59. The van der Waals surface area contributed by atoms with Crippen molar-refractivity contribution < 1.29 is 4.79 Å². The lowest BCUT2D eigenvalue weighted by Crippen LogP contribution is -2.38. The van der Waals surface area contributed by atoms with Crippen LogP contribution in [0, 0.1) is 0 Å². The molecule has 23 heavy (non-hydrogen) atoms. The highest BCUT2D eigenvalue weighted by atomic mass is 16.2. The maximum Gasteiger partial charge on any atom is 0.255 e. The predicted molar refractivity (Wildman–Crippen MR) is 92.1 cm³/mol. The maximum absolute atomic E-state index is 12.3. The van der Waals surface area contributed by atoms with E-state index in [1.165, 1.54) is 0 Å². The standard InChI is InChI=1S/C20H16N2O/c23-20-17-11-4-5-12-18(17)21-19(22-20)16-10-6-9-15(13-16)14-7-2-1-3-8-14/h1-13,19,21H,(H,22,23). The fraction of sp³-hybridized carbons (Fsp3) is 0.0500. The Morgan fingerprint density at radius 1 is 0.696 bits per heavy atom. The molecular weight excluding hydrogens is 284 g/mol. The van der Waals surface area contributed by atoms with Gasteiger partial charge in [0.05, 0.1) is 5.56 Å². The Morgan fingerprint density at radius 2 is 1.43 bits per heavy atom. The number of fused-ring (bicyclic) bond motifs is 1. The summed E-state index contributed by atoms with van der Waals surface area (Å²) in [5.74, 6) is -0.0468. The highest BCUT2D eigenvalue weighted by molar-refractivity contribution is 6.01. The highest BCUT2D eigenvalue weighted by Gasteiger charge is 2.24. The second kappa shape index (κ2) is 5.61. The first kappa shape index (κ1) is 13.6. The first-order valence-electron chi connectivity index (χ1n) is 7.63. The van der Waals surface area contributed by atoms with Gasteiger partial charge in [-0.3, -0.25) is 4.79 Å². The van der Waals surface area contributed by atoms with Gasteiger partial charge in [-0.1, -0.05) is 60.7 Å². The van der Waals surface area contributed by atoms with E-state index in [0.29, 0.717) is 5.56 Å². The van der Waals surface area contributed by atoms with Crippen LogP contribution < -0.4 is 10.6 Å². The molecule has 1 unspecified atom stereocenters. The lowest BCUT2D eigenvalue weighted by atomic mass is 10.0. The number of nitrogens with one attached hydrogen (secondary N) is 2. The SMILES string of the molecule is O=C1NC(c2cccc(-c3ccccc3)c2)Nc2ccccc21. The zero-order chi connectivity index (χ0) is 15.6. The van der Waals surface area contributed by atoms with Crippen molar-refractivity contribution in [3.05, 3.63) is 90.0 Å². The van der Waals surface area contributed by atoms with Crippen LogP contribution in [-0.2, 0) is 0 Å². The summed E-state index contributed by atoms with van der Waals surface area (Å²) in [7, 11) is 0. The van der Waals surface area contributed by atoms with E-state index in [9.17, 15) is 4.79 Å². The highest BCUT2D eigenvalue weighted by Crippen LogP contribution is 2.28. The van der Waals surface area contributed by atoms with Crippen molar-refractivity contribution in [3.8, 4) is 11.1 Å². The van der Waals surface area contributed by atoms with Gasteiger partial charge in [-0.15, -0.1) is 0 Å². The molecule has 3 aromatic carbocycles. The van der Waals surface area contributed by atoms with Crippen LogP contribution in [0.5, 0.6) is 0 Å². The fourth-order valence-electron chi connectivity index (χ4n) is 2.90. The largest absolute Gasteiger partial charge is 0.361 e. The summed E-state index contributed by atoms with van der Waals surface area (Å²) in [6, 6.07) is 26.0. The number of benzene rings is 3. The average Bonchev–Trinajstić information content (AvgIpc) is 2.62. The number of carbonyl (C=O) groups is 1. The number of amides is 1. The fourth-order valence-corrected chi connectivity index (χ4v) is 2.90. The number of hydrogen-bond acceptors (Lipinski definition) is 2. The third-order valence-corrected chi connectivity index (χ3v) is 4.07. The summed E-state index contributed by atoms with van der Waals surface area (Å²) in [5, 5.41) is 6.41. The predicted octanol–water partition coefficient (Wildman–Crippen LogP) is 4.21. The van der Waals surface area contributed by atoms with Gasteiger partial charge in [-0.2, -0.15) is 0 Å². The molecular formula is C20H16N2O. The molecule has 1 heterocycles. The minimum atomic E-state index is -0.221. The third-order valence-electron chi connectivity index (χ3n) is 4.07. The summed E-state index contributed by atoms with van der Waals surface area (Å²) in [6.45, 7) is 0. The molecule has 3 aromatic rings. The normalized spacial score (nSPS) is 16.2. The molecule has 4 rings (SSSR count). The van der Waals surface area contributed by atoms with E-state index in [0.717, 1.165) is 22.4 Å². The Bertz CT molecular complexity index is 858. The van der Waals surface area contributed by atoms with Crippen molar-refractivity contribution in [1.82, 2.24) is 5.32 Å². The Labute approximate surface area is 135 Å². The van der Waals surface area contributed by atoms with Crippen LogP contribution in [-0.4, -0.2) is 5.91 Å². The van der Waals surface area contributed by atoms with E-state index in [1.54, 1.807) is 0 Å². The minimum Gasteiger partial charge on any atom is -0.361 e. The van der Waals surface area contributed by atoms with Gasteiger partial charge in [-0.25, -0.2) is 0 Å².